The molecule has 170 valence electrons. The van der Waals surface area contributed by atoms with Crippen LogP contribution in [-0.4, -0.2) is 17.0 Å². The number of fused-ring (bicyclic) bond motifs is 6. The molecule has 0 unspecified atom stereocenters. The third kappa shape index (κ3) is 4.31. The molecule has 1 N–H and O–H groups in total. The maximum absolute atomic E-state index is 12.3. The molecule has 3 heteroatoms. The molecule has 0 heterocycles. The summed E-state index contributed by atoms with van der Waals surface area (Å²) in [5.74, 6) is 3.42. The maximum atomic E-state index is 12.3. The molecule has 0 aliphatic heterocycles. The normalized spacial score (nSPS) is 27.7. The molecular formula is C29H36O3. The summed E-state index contributed by atoms with van der Waals surface area (Å²) in [5.41, 5.74) is 3.71. The molecular weight excluding hydrogens is 396 g/mol. The molecule has 0 aromatic heterocycles. The van der Waals surface area contributed by atoms with Crippen molar-refractivity contribution < 1.29 is 14.6 Å². The average Bonchev–Trinajstić information content (AvgIpc) is 2.79. The van der Waals surface area contributed by atoms with Gasteiger partial charge in [0.05, 0.1) is 6.10 Å². The lowest BCUT2D eigenvalue weighted by atomic mass is 9.55. The van der Waals surface area contributed by atoms with Gasteiger partial charge in [-0.3, -0.25) is 4.79 Å². The molecule has 3 aliphatic rings. The fraction of sp³-hybridized carbons (Fsp3) is 0.552. The zero-order valence-electron chi connectivity index (χ0n) is 19.3. The van der Waals surface area contributed by atoms with Gasteiger partial charge in [-0.25, -0.2) is 0 Å². The van der Waals surface area contributed by atoms with E-state index in [1.54, 1.807) is 0 Å². The Morgan fingerprint density at radius 1 is 1.03 bits per heavy atom. The van der Waals surface area contributed by atoms with Gasteiger partial charge >= 0.3 is 0 Å². The first kappa shape index (κ1) is 21.6. The quantitative estimate of drug-likeness (QED) is 0.539. The zero-order chi connectivity index (χ0) is 22.1. The van der Waals surface area contributed by atoms with Gasteiger partial charge in [0.25, 0.3) is 0 Å². The lowest BCUT2D eigenvalue weighted by Crippen LogP contribution is -2.38. The predicted octanol–water partition coefficient (Wildman–Crippen LogP) is 6.92. The summed E-state index contributed by atoms with van der Waals surface area (Å²) in [6, 6.07) is 14.6. The minimum absolute atomic E-state index is 0.103. The second-order valence-electron chi connectivity index (χ2n) is 10.4. The Labute approximate surface area is 192 Å². The van der Waals surface area contributed by atoms with Gasteiger partial charge in [-0.2, -0.15) is 0 Å². The molecule has 2 saturated carbocycles. The van der Waals surface area contributed by atoms with Crippen molar-refractivity contribution in [2.24, 2.45) is 11.8 Å². The highest BCUT2D eigenvalue weighted by Crippen LogP contribution is 2.58. The molecule has 0 amide bonds. The summed E-state index contributed by atoms with van der Waals surface area (Å²) in [7, 11) is 0. The number of ketones is 1. The minimum Gasteiger partial charge on any atom is -0.508 e. The van der Waals surface area contributed by atoms with Crippen molar-refractivity contribution in [3.63, 3.8) is 0 Å². The lowest BCUT2D eigenvalue weighted by Gasteiger charge is -2.48. The number of carbonyl (C=O) groups is 1. The van der Waals surface area contributed by atoms with Crippen molar-refractivity contribution in [1.29, 1.82) is 0 Å². The molecule has 2 fully saturated rings. The van der Waals surface area contributed by atoms with Crippen LogP contribution in [0.5, 0.6) is 11.5 Å². The summed E-state index contributed by atoms with van der Waals surface area (Å²) < 4.78 is 6.31. The summed E-state index contributed by atoms with van der Waals surface area (Å²) in [5, 5.41) is 11.1. The van der Waals surface area contributed by atoms with E-state index in [2.05, 4.69) is 43.3 Å². The number of rotatable bonds is 6. The van der Waals surface area contributed by atoms with Crippen LogP contribution in [0.2, 0.25) is 0 Å². The lowest BCUT2D eigenvalue weighted by molar-refractivity contribution is -0.122. The Hall–Kier alpha value is -2.29. The van der Waals surface area contributed by atoms with Crippen LogP contribution in [0.4, 0.5) is 0 Å². The standard InChI is InChI=1S/C29H36O3/c1-19(8-7-11-20-9-3-2-4-10-20)32-22-17-27-24-13-6-5-12-23(24)25-15-14-21(30)16-26(25)29(27)28(31)18-22/h2-4,9-10,17-19,23-26,31H,5-8,11-16H2,1H3/t19-,23+,24-,25-,26+/m1/s1. The summed E-state index contributed by atoms with van der Waals surface area (Å²) >= 11 is 0. The smallest absolute Gasteiger partial charge is 0.133 e. The fourth-order valence-electron chi connectivity index (χ4n) is 6.86. The van der Waals surface area contributed by atoms with Crippen LogP contribution in [-0.2, 0) is 11.2 Å². The van der Waals surface area contributed by atoms with Crippen molar-refractivity contribution in [2.45, 2.75) is 89.1 Å². The monoisotopic (exact) mass is 432 g/mol. The topological polar surface area (TPSA) is 46.5 Å². The van der Waals surface area contributed by atoms with E-state index < -0.39 is 0 Å². The predicted molar refractivity (Wildman–Crippen MR) is 127 cm³/mol. The van der Waals surface area contributed by atoms with Gasteiger partial charge in [-0.1, -0.05) is 43.2 Å². The zero-order valence-corrected chi connectivity index (χ0v) is 19.3. The van der Waals surface area contributed by atoms with E-state index in [4.69, 9.17) is 4.74 Å². The SMILES string of the molecule is C[C@H](CCCc1ccccc1)Oc1cc(O)c2c(c1)[C@@H]1CCCC[C@@H]1[C@H]1CCC(=O)C[C@H]21. The van der Waals surface area contributed by atoms with Gasteiger partial charge in [0, 0.05) is 24.5 Å². The molecule has 0 saturated heterocycles. The average molecular weight is 433 g/mol. The highest BCUT2D eigenvalue weighted by molar-refractivity contribution is 5.81. The molecule has 0 spiro atoms. The highest BCUT2D eigenvalue weighted by atomic mass is 16.5. The van der Waals surface area contributed by atoms with Crippen LogP contribution in [0.25, 0.3) is 0 Å². The molecule has 32 heavy (non-hydrogen) atoms. The van der Waals surface area contributed by atoms with Gasteiger partial charge in [-0.05, 0) is 86.3 Å². The van der Waals surface area contributed by atoms with Crippen LogP contribution < -0.4 is 4.74 Å². The van der Waals surface area contributed by atoms with Crippen LogP contribution >= 0.6 is 0 Å². The molecule has 5 atom stereocenters. The molecule has 5 rings (SSSR count). The first-order valence-corrected chi connectivity index (χ1v) is 12.7. The van der Waals surface area contributed by atoms with E-state index in [9.17, 15) is 9.90 Å². The molecule has 3 nitrogen and oxygen atoms in total. The van der Waals surface area contributed by atoms with E-state index in [0.717, 1.165) is 43.4 Å². The van der Waals surface area contributed by atoms with Crippen LogP contribution in [0.1, 0.15) is 93.2 Å². The van der Waals surface area contributed by atoms with Crippen molar-refractivity contribution in [3.05, 3.63) is 59.2 Å². The van der Waals surface area contributed by atoms with Crippen molar-refractivity contribution in [2.75, 3.05) is 0 Å². The number of Topliss-reactive ketones (excluding diaryl/α,β-unsaturated/α-hetero) is 1. The molecule has 2 aromatic carbocycles. The Morgan fingerprint density at radius 3 is 2.66 bits per heavy atom. The maximum Gasteiger partial charge on any atom is 0.133 e. The number of phenols is 1. The van der Waals surface area contributed by atoms with Gasteiger partial charge in [0.1, 0.15) is 17.3 Å². The van der Waals surface area contributed by atoms with Crippen LogP contribution in [0.15, 0.2) is 42.5 Å². The molecule has 2 aromatic rings. The molecule has 0 bridgehead atoms. The Bertz CT molecular complexity index is 950. The number of ether oxygens (including phenoxy) is 1. The number of phenolic OH excluding ortho intramolecular Hbond substituents is 1. The Morgan fingerprint density at radius 2 is 1.81 bits per heavy atom. The van der Waals surface area contributed by atoms with Gasteiger partial charge in [0.2, 0.25) is 0 Å². The first-order valence-electron chi connectivity index (χ1n) is 12.7. The highest BCUT2D eigenvalue weighted by Gasteiger charge is 2.47. The number of hydrogen-bond donors (Lipinski definition) is 1. The number of carbonyl (C=O) groups excluding carboxylic acids is 1. The van der Waals surface area contributed by atoms with E-state index in [0.29, 0.717) is 35.7 Å². The number of benzene rings is 2. The summed E-state index contributed by atoms with van der Waals surface area (Å²) in [6.45, 7) is 2.13. The van der Waals surface area contributed by atoms with Crippen molar-refractivity contribution >= 4 is 5.78 Å². The Balaban J connectivity index is 1.33. The number of aromatic hydroxyl groups is 1. The van der Waals surface area contributed by atoms with Gasteiger partial charge in [-0.15, -0.1) is 0 Å². The van der Waals surface area contributed by atoms with Gasteiger partial charge in [0.15, 0.2) is 0 Å². The number of hydrogen-bond acceptors (Lipinski definition) is 3. The summed E-state index contributed by atoms with van der Waals surface area (Å²) in [4.78, 5) is 12.3. The van der Waals surface area contributed by atoms with E-state index in [-0.39, 0.29) is 12.0 Å². The van der Waals surface area contributed by atoms with Crippen molar-refractivity contribution in [3.8, 4) is 11.5 Å². The molecule has 0 radical (unpaired) electrons. The van der Waals surface area contributed by atoms with Gasteiger partial charge < -0.3 is 9.84 Å². The van der Waals surface area contributed by atoms with E-state index in [1.165, 1.54) is 36.8 Å². The number of aryl methyl sites for hydroxylation is 1. The second-order valence-corrected chi connectivity index (χ2v) is 10.4. The second kappa shape index (κ2) is 9.29. The largest absolute Gasteiger partial charge is 0.508 e. The van der Waals surface area contributed by atoms with E-state index >= 15 is 0 Å². The van der Waals surface area contributed by atoms with Crippen LogP contribution in [0.3, 0.4) is 0 Å². The third-order valence-corrected chi connectivity index (χ3v) is 8.28. The first-order chi connectivity index (χ1) is 15.6. The third-order valence-electron chi connectivity index (χ3n) is 8.28. The summed E-state index contributed by atoms with van der Waals surface area (Å²) in [6.07, 6.45) is 10.6. The minimum atomic E-state index is 0.103. The molecule has 3 aliphatic carbocycles. The fourth-order valence-corrected chi connectivity index (χ4v) is 6.86. The Kier molecular flexibility index (Phi) is 6.26. The van der Waals surface area contributed by atoms with Crippen molar-refractivity contribution in [1.82, 2.24) is 0 Å². The van der Waals surface area contributed by atoms with Crippen LogP contribution in [0, 0.1) is 11.8 Å². The van der Waals surface area contributed by atoms with E-state index in [1.807, 2.05) is 6.07 Å².